The van der Waals surface area contributed by atoms with Crippen molar-refractivity contribution < 1.29 is 33.0 Å². The zero-order chi connectivity index (χ0) is 13.2. The molecule has 0 bridgehead atoms. The van der Waals surface area contributed by atoms with Crippen LogP contribution in [-0.4, -0.2) is 28.3 Å². The van der Waals surface area contributed by atoms with E-state index in [2.05, 4.69) is 0 Å². The number of amides is 1. The molecule has 17 heavy (non-hydrogen) atoms. The first-order chi connectivity index (χ1) is 7.71. The maximum Gasteiger partial charge on any atom is 0.471 e. The zero-order valence-electron chi connectivity index (χ0n) is 8.08. The number of halogens is 3. The van der Waals surface area contributed by atoms with E-state index in [1.54, 1.807) is 0 Å². The van der Waals surface area contributed by atoms with Crippen LogP contribution in [0.25, 0.3) is 0 Å². The van der Waals surface area contributed by atoms with Crippen molar-refractivity contribution in [3.8, 4) is 5.75 Å². The molecule has 0 spiro atoms. The maximum atomic E-state index is 11.9. The Morgan fingerprint density at radius 2 is 1.82 bits per heavy atom. The fourth-order valence-corrected chi connectivity index (χ4v) is 0.987. The first kappa shape index (κ1) is 12.8. The van der Waals surface area contributed by atoms with Gasteiger partial charge in [-0.3, -0.25) is 4.79 Å². The Labute approximate surface area is 92.5 Å². The second kappa shape index (κ2) is 4.32. The van der Waals surface area contributed by atoms with Crippen LogP contribution in [0.2, 0.25) is 0 Å². The summed E-state index contributed by atoms with van der Waals surface area (Å²) in [5, 5.41) is 19.1. The van der Waals surface area contributed by atoms with Gasteiger partial charge in [-0.25, -0.2) is 4.79 Å². The smallest absolute Gasteiger partial charge is 0.471 e. The van der Waals surface area contributed by atoms with E-state index in [-0.39, 0.29) is 5.69 Å². The van der Waals surface area contributed by atoms with E-state index in [0.717, 1.165) is 18.2 Å². The highest BCUT2D eigenvalue weighted by Crippen LogP contribution is 2.23. The Balaban J connectivity index is 2.98. The molecule has 8 heteroatoms. The number of carbonyl (C=O) groups is 2. The zero-order valence-corrected chi connectivity index (χ0v) is 8.08. The minimum absolute atomic E-state index is 0.373. The number of hydrogen-bond donors (Lipinski definition) is 3. The Kier molecular flexibility index (Phi) is 3.26. The molecule has 0 aliphatic carbocycles. The number of hydrogen-bond acceptors (Lipinski definition) is 3. The first-order valence-corrected chi connectivity index (χ1v) is 4.16. The number of rotatable bonds is 2. The standard InChI is InChI=1S/C9H6F3NO4/c10-9(11,12)8(17)13-4-1-2-6(14)5(3-4)7(15)16/h1-3,14H,(H,13,17)(H,15,16). The number of nitrogens with one attached hydrogen (secondary N) is 1. The van der Waals surface area contributed by atoms with Gasteiger partial charge >= 0.3 is 18.1 Å². The lowest BCUT2D eigenvalue weighted by atomic mass is 10.2. The van der Waals surface area contributed by atoms with Gasteiger partial charge in [-0.1, -0.05) is 0 Å². The highest BCUT2D eigenvalue weighted by atomic mass is 19.4. The van der Waals surface area contributed by atoms with Crippen molar-refractivity contribution in [2.45, 2.75) is 6.18 Å². The number of phenols is 1. The quantitative estimate of drug-likeness (QED) is 0.694. The van der Waals surface area contributed by atoms with E-state index in [1.807, 2.05) is 0 Å². The summed E-state index contributed by atoms with van der Waals surface area (Å²) in [6.45, 7) is 0. The van der Waals surface area contributed by atoms with Crippen molar-refractivity contribution >= 4 is 17.6 Å². The molecule has 1 amide bonds. The summed E-state index contributed by atoms with van der Waals surface area (Å²) in [5.41, 5.74) is -0.979. The van der Waals surface area contributed by atoms with Gasteiger partial charge in [0.1, 0.15) is 11.3 Å². The molecule has 0 saturated heterocycles. The van der Waals surface area contributed by atoms with Crippen molar-refractivity contribution in [1.82, 2.24) is 0 Å². The Morgan fingerprint density at radius 1 is 1.24 bits per heavy atom. The molecular formula is C9H6F3NO4. The number of anilines is 1. The van der Waals surface area contributed by atoms with Crippen LogP contribution in [-0.2, 0) is 4.79 Å². The Hall–Kier alpha value is -2.25. The third kappa shape index (κ3) is 3.10. The number of alkyl halides is 3. The predicted molar refractivity (Wildman–Crippen MR) is 49.8 cm³/mol. The molecule has 1 aromatic rings. The lowest BCUT2D eigenvalue weighted by Gasteiger charge is -2.08. The van der Waals surface area contributed by atoms with Gasteiger partial charge in [-0.15, -0.1) is 0 Å². The molecule has 0 unspecified atom stereocenters. The number of benzene rings is 1. The van der Waals surface area contributed by atoms with E-state index in [1.165, 1.54) is 5.32 Å². The number of carboxylic acid groups (broad SMARTS) is 1. The molecule has 92 valence electrons. The topological polar surface area (TPSA) is 86.6 Å². The second-order valence-corrected chi connectivity index (χ2v) is 2.99. The molecule has 0 fully saturated rings. The van der Waals surface area contributed by atoms with Crippen molar-refractivity contribution in [2.24, 2.45) is 0 Å². The fourth-order valence-electron chi connectivity index (χ4n) is 0.987. The molecular weight excluding hydrogens is 243 g/mol. The van der Waals surface area contributed by atoms with Crippen LogP contribution in [0, 0.1) is 0 Å². The van der Waals surface area contributed by atoms with E-state index < -0.39 is 29.4 Å². The van der Waals surface area contributed by atoms with Crippen molar-refractivity contribution in [3.05, 3.63) is 23.8 Å². The van der Waals surface area contributed by atoms with Crippen molar-refractivity contribution in [1.29, 1.82) is 0 Å². The number of aromatic hydroxyl groups is 1. The van der Waals surface area contributed by atoms with Gasteiger partial charge in [0, 0.05) is 5.69 Å². The summed E-state index contributed by atoms with van der Waals surface area (Å²) in [6, 6.07) is 2.54. The molecule has 5 nitrogen and oxygen atoms in total. The summed E-state index contributed by atoms with van der Waals surface area (Å²) in [5.74, 6) is -4.35. The SMILES string of the molecule is O=C(O)c1cc(NC(=O)C(F)(F)F)ccc1O. The molecule has 0 aliphatic heterocycles. The normalized spacial score (nSPS) is 11.0. The molecule has 0 aromatic heterocycles. The lowest BCUT2D eigenvalue weighted by Crippen LogP contribution is -2.29. The maximum absolute atomic E-state index is 11.9. The summed E-state index contributed by atoms with van der Waals surface area (Å²) >= 11 is 0. The summed E-state index contributed by atoms with van der Waals surface area (Å²) < 4.78 is 35.7. The van der Waals surface area contributed by atoms with Crippen LogP contribution in [0.1, 0.15) is 10.4 Å². The summed E-state index contributed by atoms with van der Waals surface area (Å²) in [7, 11) is 0. The second-order valence-electron chi connectivity index (χ2n) is 2.99. The van der Waals surface area contributed by atoms with Crippen molar-refractivity contribution in [3.63, 3.8) is 0 Å². The lowest BCUT2D eigenvalue weighted by molar-refractivity contribution is -0.167. The van der Waals surface area contributed by atoms with E-state index in [9.17, 15) is 22.8 Å². The van der Waals surface area contributed by atoms with Gasteiger partial charge < -0.3 is 15.5 Å². The summed E-state index contributed by atoms with van der Waals surface area (Å²) in [4.78, 5) is 21.1. The van der Waals surface area contributed by atoms with Gasteiger partial charge in [0.05, 0.1) is 0 Å². The average Bonchev–Trinajstić information content (AvgIpc) is 2.19. The predicted octanol–water partition coefficient (Wildman–Crippen LogP) is 1.59. The molecule has 3 N–H and O–H groups in total. The Bertz CT molecular complexity index is 470. The molecule has 0 aliphatic rings. The van der Waals surface area contributed by atoms with E-state index in [4.69, 9.17) is 10.2 Å². The van der Waals surface area contributed by atoms with E-state index >= 15 is 0 Å². The molecule has 0 saturated carbocycles. The first-order valence-electron chi connectivity index (χ1n) is 4.16. The van der Waals surface area contributed by atoms with Gasteiger partial charge in [0.15, 0.2) is 0 Å². The molecule has 0 radical (unpaired) electrons. The highest BCUT2D eigenvalue weighted by Gasteiger charge is 2.38. The number of carboxylic acids is 1. The Morgan fingerprint density at radius 3 is 2.29 bits per heavy atom. The van der Waals surface area contributed by atoms with Gasteiger partial charge in [0.2, 0.25) is 0 Å². The monoisotopic (exact) mass is 249 g/mol. The minimum Gasteiger partial charge on any atom is -0.507 e. The van der Waals surface area contributed by atoms with Crippen LogP contribution < -0.4 is 5.32 Å². The molecule has 1 rings (SSSR count). The van der Waals surface area contributed by atoms with Crippen LogP contribution in [0.3, 0.4) is 0 Å². The largest absolute Gasteiger partial charge is 0.507 e. The minimum atomic E-state index is -5.07. The van der Waals surface area contributed by atoms with Crippen molar-refractivity contribution in [2.75, 3.05) is 5.32 Å². The van der Waals surface area contributed by atoms with Crippen LogP contribution in [0.15, 0.2) is 18.2 Å². The van der Waals surface area contributed by atoms with E-state index in [0.29, 0.717) is 0 Å². The fraction of sp³-hybridized carbons (Fsp3) is 0.111. The third-order valence-electron chi connectivity index (χ3n) is 1.74. The van der Waals surface area contributed by atoms with Crippen LogP contribution in [0.5, 0.6) is 5.75 Å². The number of carbonyl (C=O) groups excluding carboxylic acids is 1. The molecule has 0 heterocycles. The highest BCUT2D eigenvalue weighted by molar-refractivity contribution is 5.97. The molecule has 0 atom stereocenters. The van der Waals surface area contributed by atoms with Crippen LogP contribution in [0.4, 0.5) is 18.9 Å². The van der Waals surface area contributed by atoms with Gasteiger partial charge in [0.25, 0.3) is 0 Å². The molecule has 1 aromatic carbocycles. The van der Waals surface area contributed by atoms with Crippen LogP contribution >= 0.6 is 0 Å². The third-order valence-corrected chi connectivity index (χ3v) is 1.74. The van der Waals surface area contributed by atoms with Gasteiger partial charge in [-0.05, 0) is 18.2 Å². The van der Waals surface area contributed by atoms with Gasteiger partial charge in [-0.2, -0.15) is 13.2 Å². The number of aromatic carboxylic acids is 1. The average molecular weight is 249 g/mol. The summed E-state index contributed by atoms with van der Waals surface area (Å²) in [6.07, 6.45) is -5.07.